The highest BCUT2D eigenvalue weighted by atomic mass is 19.1. The highest BCUT2D eigenvalue weighted by Gasteiger charge is 2.31. The Labute approximate surface area is 172 Å². The second-order valence-corrected chi connectivity index (χ2v) is 7.72. The summed E-state index contributed by atoms with van der Waals surface area (Å²) in [6.45, 7) is 0.824. The zero-order valence-electron chi connectivity index (χ0n) is 16.6. The van der Waals surface area contributed by atoms with Crippen LogP contribution in [0.2, 0.25) is 0 Å². The van der Waals surface area contributed by atoms with E-state index in [0.717, 1.165) is 37.8 Å². The lowest BCUT2D eigenvalue weighted by atomic mass is 9.83. The summed E-state index contributed by atoms with van der Waals surface area (Å²) in [5, 5.41) is 3.56. The second-order valence-electron chi connectivity index (χ2n) is 7.72. The molecule has 0 amide bonds. The molecule has 3 aromatic carbocycles. The Bertz CT molecular complexity index is 827. The summed E-state index contributed by atoms with van der Waals surface area (Å²) in [5.41, 5.74) is 3.74. The summed E-state index contributed by atoms with van der Waals surface area (Å²) in [4.78, 5) is 0. The van der Waals surface area contributed by atoms with Gasteiger partial charge in [-0.1, -0.05) is 72.8 Å². The van der Waals surface area contributed by atoms with Gasteiger partial charge in [-0.05, 0) is 54.5 Å². The Balaban J connectivity index is 1.42. The first-order valence-corrected chi connectivity index (χ1v) is 10.5. The molecule has 2 atom stereocenters. The van der Waals surface area contributed by atoms with Crippen molar-refractivity contribution in [3.05, 3.63) is 107 Å². The van der Waals surface area contributed by atoms with Crippen LogP contribution >= 0.6 is 0 Å². The second kappa shape index (κ2) is 9.82. The molecule has 3 aromatic rings. The van der Waals surface area contributed by atoms with Gasteiger partial charge < -0.3 is 4.74 Å². The molecule has 29 heavy (non-hydrogen) atoms. The summed E-state index contributed by atoms with van der Waals surface area (Å²) < 4.78 is 19.6. The van der Waals surface area contributed by atoms with Gasteiger partial charge in [-0.15, -0.1) is 0 Å². The minimum absolute atomic E-state index is 0.0594. The van der Waals surface area contributed by atoms with Crippen LogP contribution in [0.5, 0.6) is 0 Å². The van der Waals surface area contributed by atoms with Crippen molar-refractivity contribution in [3.8, 4) is 0 Å². The summed E-state index contributed by atoms with van der Waals surface area (Å²) in [6.07, 6.45) is 4.31. The van der Waals surface area contributed by atoms with Gasteiger partial charge in [0.15, 0.2) is 0 Å². The van der Waals surface area contributed by atoms with E-state index >= 15 is 0 Å². The molecule has 1 heterocycles. The molecule has 1 fully saturated rings. The summed E-state index contributed by atoms with van der Waals surface area (Å²) >= 11 is 0. The zero-order valence-corrected chi connectivity index (χ0v) is 16.6. The summed E-state index contributed by atoms with van der Waals surface area (Å²) in [7, 11) is 0. The molecule has 0 unspecified atom stereocenters. The molecule has 3 heteroatoms. The van der Waals surface area contributed by atoms with E-state index < -0.39 is 0 Å². The molecular weight excluding hydrogens is 361 g/mol. The number of hydrogen-bond acceptors (Lipinski definition) is 2. The predicted molar refractivity (Wildman–Crippen MR) is 115 cm³/mol. The molecule has 0 radical (unpaired) electrons. The lowest BCUT2D eigenvalue weighted by Crippen LogP contribution is -2.41. The van der Waals surface area contributed by atoms with Gasteiger partial charge in [0.05, 0.1) is 6.10 Å². The lowest BCUT2D eigenvalue weighted by molar-refractivity contribution is -0.0719. The van der Waals surface area contributed by atoms with Gasteiger partial charge in [-0.3, -0.25) is 5.32 Å². The van der Waals surface area contributed by atoms with Crippen molar-refractivity contribution in [3.63, 3.8) is 0 Å². The van der Waals surface area contributed by atoms with Crippen molar-refractivity contribution < 1.29 is 9.13 Å². The minimum Gasteiger partial charge on any atom is -0.359 e. The van der Waals surface area contributed by atoms with Gasteiger partial charge in [-0.25, -0.2) is 4.39 Å². The van der Waals surface area contributed by atoms with Gasteiger partial charge in [0.25, 0.3) is 0 Å². The molecule has 2 nitrogen and oxygen atoms in total. The van der Waals surface area contributed by atoms with Gasteiger partial charge in [0, 0.05) is 12.5 Å². The van der Waals surface area contributed by atoms with Crippen LogP contribution in [-0.4, -0.2) is 18.9 Å². The number of halogens is 1. The molecule has 1 N–H and O–H groups in total. The third-order valence-corrected chi connectivity index (χ3v) is 5.68. The Morgan fingerprint density at radius 3 is 2.07 bits per heavy atom. The van der Waals surface area contributed by atoms with Crippen molar-refractivity contribution in [1.29, 1.82) is 0 Å². The molecule has 1 aliphatic rings. The maximum absolute atomic E-state index is 13.1. The monoisotopic (exact) mass is 389 g/mol. The van der Waals surface area contributed by atoms with Crippen molar-refractivity contribution in [2.45, 2.75) is 43.9 Å². The van der Waals surface area contributed by atoms with E-state index in [9.17, 15) is 4.39 Å². The average molecular weight is 390 g/mol. The number of rotatable bonds is 7. The number of hydrogen-bond donors (Lipinski definition) is 1. The van der Waals surface area contributed by atoms with E-state index in [1.54, 1.807) is 0 Å². The lowest BCUT2D eigenvalue weighted by Gasteiger charge is -2.36. The number of ether oxygens (including phenoxy) is 1. The van der Waals surface area contributed by atoms with Crippen LogP contribution in [0.15, 0.2) is 84.9 Å². The van der Waals surface area contributed by atoms with Gasteiger partial charge in [0.2, 0.25) is 0 Å². The smallest absolute Gasteiger partial charge is 0.123 e. The van der Waals surface area contributed by atoms with Gasteiger partial charge in [-0.2, -0.15) is 0 Å². The third-order valence-electron chi connectivity index (χ3n) is 5.68. The van der Waals surface area contributed by atoms with E-state index in [4.69, 9.17) is 4.74 Å². The van der Waals surface area contributed by atoms with Crippen molar-refractivity contribution in [2.24, 2.45) is 0 Å². The fourth-order valence-electron chi connectivity index (χ4n) is 4.22. The van der Waals surface area contributed by atoms with Crippen molar-refractivity contribution in [2.75, 3.05) is 6.54 Å². The Morgan fingerprint density at radius 2 is 1.45 bits per heavy atom. The van der Waals surface area contributed by atoms with Crippen LogP contribution in [-0.2, 0) is 11.2 Å². The van der Waals surface area contributed by atoms with Crippen LogP contribution in [0, 0.1) is 5.82 Å². The molecular formula is C26H28FNO. The Hall–Kier alpha value is -2.49. The first-order valence-electron chi connectivity index (χ1n) is 10.5. The van der Waals surface area contributed by atoms with E-state index in [2.05, 4.69) is 66.0 Å². The van der Waals surface area contributed by atoms with Crippen LogP contribution < -0.4 is 5.32 Å². The molecule has 0 bridgehead atoms. The van der Waals surface area contributed by atoms with Crippen LogP contribution in [0.1, 0.15) is 41.9 Å². The van der Waals surface area contributed by atoms with E-state index in [0.29, 0.717) is 0 Å². The quantitative estimate of drug-likeness (QED) is 0.561. The van der Waals surface area contributed by atoms with Crippen LogP contribution in [0.25, 0.3) is 0 Å². The van der Waals surface area contributed by atoms with Gasteiger partial charge in [0.1, 0.15) is 12.0 Å². The fraction of sp³-hybridized carbons (Fsp3) is 0.308. The summed E-state index contributed by atoms with van der Waals surface area (Å²) in [6, 6.07) is 28.1. The normalized spacial score (nSPS) is 19.4. The average Bonchev–Trinajstić information content (AvgIpc) is 2.77. The topological polar surface area (TPSA) is 21.3 Å². The fourth-order valence-corrected chi connectivity index (χ4v) is 4.22. The van der Waals surface area contributed by atoms with E-state index in [-0.39, 0.29) is 24.1 Å². The maximum Gasteiger partial charge on any atom is 0.123 e. The predicted octanol–water partition coefficient (Wildman–Crippen LogP) is 5.69. The van der Waals surface area contributed by atoms with E-state index in [1.807, 2.05) is 12.1 Å². The maximum atomic E-state index is 13.1. The number of benzene rings is 3. The third kappa shape index (κ3) is 5.31. The standard InChI is InChI=1S/C26H28FNO/c27-23-16-14-20(15-17-23)18-19-28-25-13-7-12-24(29-25)26(21-8-3-1-4-9-21)22-10-5-2-6-11-22/h1-6,8-11,14-17,24-26,28H,7,12-13,18-19H2/t24-,25+/m0/s1. The highest BCUT2D eigenvalue weighted by Crippen LogP contribution is 2.35. The zero-order chi connectivity index (χ0) is 19.9. The molecule has 1 saturated heterocycles. The largest absolute Gasteiger partial charge is 0.359 e. The minimum atomic E-state index is -0.187. The van der Waals surface area contributed by atoms with Crippen LogP contribution in [0.4, 0.5) is 4.39 Å². The Morgan fingerprint density at radius 1 is 0.828 bits per heavy atom. The highest BCUT2D eigenvalue weighted by molar-refractivity contribution is 5.34. The summed E-state index contributed by atoms with van der Waals surface area (Å²) in [5.74, 6) is 0.0483. The van der Waals surface area contributed by atoms with Gasteiger partial charge >= 0.3 is 0 Å². The molecule has 0 aliphatic carbocycles. The number of nitrogens with one attached hydrogen (secondary N) is 1. The molecule has 150 valence electrons. The molecule has 0 spiro atoms. The first kappa shape index (κ1) is 19.8. The first-order chi connectivity index (χ1) is 14.3. The van der Waals surface area contributed by atoms with Crippen LogP contribution in [0.3, 0.4) is 0 Å². The molecule has 4 rings (SSSR count). The van der Waals surface area contributed by atoms with Crippen molar-refractivity contribution >= 4 is 0 Å². The molecule has 0 aromatic heterocycles. The SMILES string of the molecule is Fc1ccc(CCN[C@H]2CCC[C@@H](C(c3ccccc3)c3ccccc3)O2)cc1. The van der Waals surface area contributed by atoms with E-state index in [1.165, 1.54) is 23.3 Å². The molecule has 1 aliphatic heterocycles. The Kier molecular flexibility index (Phi) is 6.71. The van der Waals surface area contributed by atoms with Crippen molar-refractivity contribution in [1.82, 2.24) is 5.32 Å². The molecule has 0 saturated carbocycles.